The number of hydrogen-bond acceptors (Lipinski definition) is 4. The Kier molecular flexibility index (Phi) is 5.22. The molecule has 2 rings (SSSR count). The van der Waals surface area contributed by atoms with Crippen molar-refractivity contribution in [1.82, 2.24) is 20.3 Å². The Morgan fingerprint density at radius 2 is 2.19 bits per heavy atom. The Labute approximate surface area is 124 Å². The van der Waals surface area contributed by atoms with Crippen molar-refractivity contribution in [1.29, 1.82) is 0 Å². The average molecular weight is 286 g/mol. The molecule has 0 radical (unpaired) electrons. The van der Waals surface area contributed by atoms with Gasteiger partial charge in [-0.2, -0.15) is 0 Å². The van der Waals surface area contributed by atoms with Crippen LogP contribution in [0.3, 0.4) is 0 Å². The Bertz CT molecular complexity index is 649. The minimum atomic E-state index is -0.125. The first kappa shape index (κ1) is 15.4. The monoisotopic (exact) mass is 286 g/mol. The van der Waals surface area contributed by atoms with Crippen LogP contribution >= 0.6 is 0 Å². The fraction of sp³-hybridized carbons (Fsp3) is 0.438. The van der Waals surface area contributed by atoms with Crippen molar-refractivity contribution in [2.75, 3.05) is 6.54 Å². The van der Waals surface area contributed by atoms with Crippen LogP contribution in [0.2, 0.25) is 0 Å². The van der Waals surface area contributed by atoms with Crippen LogP contribution in [-0.4, -0.2) is 21.5 Å². The van der Waals surface area contributed by atoms with E-state index in [1.807, 2.05) is 12.3 Å². The van der Waals surface area contributed by atoms with Crippen LogP contribution in [0.1, 0.15) is 32.0 Å². The summed E-state index contributed by atoms with van der Waals surface area (Å²) in [6.45, 7) is 7.86. The van der Waals surface area contributed by atoms with Gasteiger partial charge in [-0.15, -0.1) is 0 Å². The zero-order valence-electron chi connectivity index (χ0n) is 12.8. The summed E-state index contributed by atoms with van der Waals surface area (Å²) in [5.74, 6) is 1.18. The second-order valence-electron chi connectivity index (χ2n) is 5.50. The van der Waals surface area contributed by atoms with Crippen LogP contribution in [0.5, 0.6) is 0 Å². The van der Waals surface area contributed by atoms with Crippen LogP contribution < -0.4 is 10.9 Å². The zero-order valence-corrected chi connectivity index (χ0v) is 12.8. The van der Waals surface area contributed by atoms with Crippen molar-refractivity contribution in [3.8, 4) is 11.4 Å². The molecule has 2 aromatic heterocycles. The molecule has 5 heteroatoms. The van der Waals surface area contributed by atoms with E-state index < -0.39 is 0 Å². The Hall–Kier alpha value is -2.01. The molecule has 2 heterocycles. The first-order valence-electron chi connectivity index (χ1n) is 7.34. The van der Waals surface area contributed by atoms with Crippen LogP contribution in [0, 0.1) is 5.92 Å². The molecule has 2 aromatic rings. The van der Waals surface area contributed by atoms with Gasteiger partial charge in [0.15, 0.2) is 0 Å². The smallest absolute Gasteiger partial charge is 0.251 e. The van der Waals surface area contributed by atoms with Crippen molar-refractivity contribution in [3.63, 3.8) is 0 Å². The highest BCUT2D eigenvalue weighted by Gasteiger charge is 2.08. The number of aromatic nitrogens is 3. The normalized spacial score (nSPS) is 11.0. The van der Waals surface area contributed by atoms with Gasteiger partial charge in [-0.1, -0.05) is 20.8 Å². The quantitative estimate of drug-likeness (QED) is 0.853. The molecule has 21 heavy (non-hydrogen) atoms. The van der Waals surface area contributed by atoms with Crippen LogP contribution in [0.4, 0.5) is 0 Å². The highest BCUT2D eigenvalue weighted by atomic mass is 16.1. The summed E-state index contributed by atoms with van der Waals surface area (Å²) < 4.78 is 0. The predicted molar refractivity (Wildman–Crippen MR) is 84.0 cm³/mol. The molecule has 0 amide bonds. The van der Waals surface area contributed by atoms with E-state index in [9.17, 15) is 4.79 Å². The molecule has 2 N–H and O–H groups in total. The Morgan fingerprint density at radius 1 is 1.38 bits per heavy atom. The molecule has 0 aromatic carbocycles. The Balaban J connectivity index is 2.28. The lowest BCUT2D eigenvalue weighted by molar-refractivity contribution is 0.548. The first-order chi connectivity index (χ1) is 10.1. The van der Waals surface area contributed by atoms with Gasteiger partial charge in [-0.25, -0.2) is 4.98 Å². The fourth-order valence-corrected chi connectivity index (χ4v) is 2.15. The lowest BCUT2D eigenvalue weighted by Crippen LogP contribution is -2.21. The summed E-state index contributed by atoms with van der Waals surface area (Å²) in [6, 6.07) is 3.44. The summed E-state index contributed by atoms with van der Waals surface area (Å²) in [7, 11) is 0. The molecule has 0 aliphatic carbocycles. The van der Waals surface area contributed by atoms with E-state index in [1.165, 1.54) is 0 Å². The predicted octanol–water partition coefficient (Wildman–Crippen LogP) is 2.14. The number of nitrogens with one attached hydrogen (secondary N) is 2. The second-order valence-corrected chi connectivity index (χ2v) is 5.50. The molecule has 0 unspecified atom stereocenters. The van der Waals surface area contributed by atoms with Crippen molar-refractivity contribution < 1.29 is 0 Å². The van der Waals surface area contributed by atoms with E-state index in [1.54, 1.807) is 12.3 Å². The van der Waals surface area contributed by atoms with Gasteiger partial charge in [0.05, 0.1) is 5.69 Å². The van der Waals surface area contributed by atoms with Gasteiger partial charge in [0.2, 0.25) is 0 Å². The van der Waals surface area contributed by atoms with E-state index in [-0.39, 0.29) is 5.56 Å². The third-order valence-corrected chi connectivity index (χ3v) is 3.19. The summed E-state index contributed by atoms with van der Waals surface area (Å²) >= 11 is 0. The minimum Gasteiger partial charge on any atom is -0.311 e. The molecule has 0 saturated carbocycles. The molecule has 0 saturated heterocycles. The lowest BCUT2D eigenvalue weighted by atomic mass is 10.1. The first-order valence-corrected chi connectivity index (χ1v) is 7.34. The van der Waals surface area contributed by atoms with E-state index in [0.29, 0.717) is 18.3 Å². The Morgan fingerprint density at radius 3 is 2.90 bits per heavy atom. The van der Waals surface area contributed by atoms with E-state index in [0.717, 1.165) is 29.8 Å². The number of hydrogen-bond donors (Lipinski definition) is 2. The molecule has 0 aliphatic heterocycles. The second kappa shape index (κ2) is 7.13. The molecule has 0 bridgehead atoms. The molecular weight excluding hydrogens is 264 g/mol. The number of H-pyrrole nitrogens is 1. The van der Waals surface area contributed by atoms with Crippen molar-refractivity contribution in [2.24, 2.45) is 5.92 Å². The molecule has 0 aliphatic rings. The van der Waals surface area contributed by atoms with Gasteiger partial charge in [0, 0.05) is 30.6 Å². The molecule has 0 fully saturated rings. The van der Waals surface area contributed by atoms with Gasteiger partial charge in [0.1, 0.15) is 5.82 Å². The van der Waals surface area contributed by atoms with Crippen LogP contribution in [0.25, 0.3) is 11.4 Å². The molecule has 0 atom stereocenters. The number of pyridine rings is 1. The summed E-state index contributed by atoms with van der Waals surface area (Å²) in [5, 5.41) is 3.31. The largest absolute Gasteiger partial charge is 0.311 e. The van der Waals surface area contributed by atoms with E-state index in [4.69, 9.17) is 0 Å². The minimum absolute atomic E-state index is 0.125. The standard InChI is InChI=1S/C16H22N4O/c1-4-12-9-17-6-5-14(12)16-19-13(7-15(21)20-16)10-18-8-11(2)3/h5-7,9,11,18H,4,8,10H2,1-3H3,(H,19,20,21). The fourth-order valence-electron chi connectivity index (χ4n) is 2.15. The number of aromatic amines is 1. The topological polar surface area (TPSA) is 70.7 Å². The SMILES string of the molecule is CCc1cnccc1-c1nc(CNCC(C)C)cc(=O)[nH]1. The highest BCUT2D eigenvalue weighted by molar-refractivity contribution is 5.59. The summed E-state index contributed by atoms with van der Waals surface area (Å²) in [4.78, 5) is 23.3. The number of aryl methyl sites for hydroxylation is 1. The lowest BCUT2D eigenvalue weighted by Gasteiger charge is -2.09. The van der Waals surface area contributed by atoms with Gasteiger partial charge in [-0.05, 0) is 30.5 Å². The zero-order chi connectivity index (χ0) is 15.2. The van der Waals surface area contributed by atoms with Crippen molar-refractivity contribution >= 4 is 0 Å². The third-order valence-electron chi connectivity index (χ3n) is 3.19. The molecular formula is C16H22N4O. The van der Waals surface area contributed by atoms with E-state index in [2.05, 4.69) is 41.0 Å². The van der Waals surface area contributed by atoms with Crippen LogP contribution in [-0.2, 0) is 13.0 Å². The summed E-state index contributed by atoms with van der Waals surface area (Å²) in [5.41, 5.74) is 2.65. The average Bonchev–Trinajstić information content (AvgIpc) is 2.46. The van der Waals surface area contributed by atoms with Crippen molar-refractivity contribution in [2.45, 2.75) is 33.7 Å². The van der Waals surface area contributed by atoms with E-state index >= 15 is 0 Å². The van der Waals surface area contributed by atoms with Gasteiger partial charge in [0.25, 0.3) is 5.56 Å². The maximum absolute atomic E-state index is 11.8. The van der Waals surface area contributed by atoms with Gasteiger partial charge < -0.3 is 10.3 Å². The van der Waals surface area contributed by atoms with Gasteiger partial charge >= 0.3 is 0 Å². The molecule has 112 valence electrons. The maximum atomic E-state index is 11.8. The van der Waals surface area contributed by atoms with Crippen molar-refractivity contribution in [3.05, 3.63) is 46.1 Å². The summed E-state index contributed by atoms with van der Waals surface area (Å²) in [6.07, 6.45) is 4.39. The molecule has 5 nitrogen and oxygen atoms in total. The van der Waals surface area contributed by atoms with Crippen LogP contribution in [0.15, 0.2) is 29.3 Å². The maximum Gasteiger partial charge on any atom is 0.251 e. The molecule has 0 spiro atoms. The number of rotatable bonds is 6. The third kappa shape index (κ3) is 4.23. The van der Waals surface area contributed by atoms with Gasteiger partial charge in [-0.3, -0.25) is 9.78 Å². The highest BCUT2D eigenvalue weighted by Crippen LogP contribution is 2.18. The number of nitrogens with zero attached hydrogens (tertiary/aromatic N) is 2.